The van der Waals surface area contributed by atoms with Crippen LogP contribution in [0, 0.1) is 0 Å². The lowest BCUT2D eigenvalue weighted by atomic mass is 10.1. The molecule has 0 aliphatic carbocycles. The van der Waals surface area contributed by atoms with Gasteiger partial charge in [-0.05, 0) is 38.5 Å². The van der Waals surface area contributed by atoms with Crippen molar-refractivity contribution in [3.8, 4) is 0 Å². The Morgan fingerprint density at radius 2 is 1.88 bits per heavy atom. The summed E-state index contributed by atoms with van der Waals surface area (Å²) in [5, 5.41) is 15.2. The highest BCUT2D eigenvalue weighted by atomic mass is 32.2. The predicted octanol–water partition coefficient (Wildman–Crippen LogP) is 3.22. The Labute approximate surface area is 157 Å². The molecule has 1 aromatic carbocycles. The largest absolute Gasteiger partial charge is 0.378 e. The molecule has 0 aliphatic rings. The molecule has 1 heterocycles. The highest BCUT2D eigenvalue weighted by molar-refractivity contribution is 8.01. The molecule has 0 aliphatic heterocycles. The zero-order valence-electron chi connectivity index (χ0n) is 15.3. The van der Waals surface area contributed by atoms with Crippen LogP contribution in [0.2, 0.25) is 0 Å². The molecule has 0 saturated heterocycles. The fraction of sp³-hybridized carbons (Fsp3) is 0.471. The number of thioether (sulfide) groups is 1. The summed E-state index contributed by atoms with van der Waals surface area (Å²) >= 11 is 2.87. The molecule has 0 radical (unpaired) electrons. The fourth-order valence-electron chi connectivity index (χ4n) is 1.93. The van der Waals surface area contributed by atoms with Crippen LogP contribution in [0.1, 0.15) is 26.3 Å². The van der Waals surface area contributed by atoms with Gasteiger partial charge in [0, 0.05) is 31.9 Å². The zero-order valence-corrected chi connectivity index (χ0v) is 16.9. The summed E-state index contributed by atoms with van der Waals surface area (Å²) in [7, 11) is 4.01. The van der Waals surface area contributed by atoms with Crippen LogP contribution in [0.5, 0.6) is 0 Å². The van der Waals surface area contributed by atoms with Gasteiger partial charge in [-0.3, -0.25) is 4.79 Å². The third kappa shape index (κ3) is 6.91. The minimum atomic E-state index is -0.0546. The first-order valence-electron chi connectivity index (χ1n) is 8.00. The number of amides is 1. The standard InChI is InChI=1S/C17H25N5OS2/c1-17(2,3)19-15-20-21-16(25-15)24-11-14(23)18-10-12-6-8-13(9-7-12)22(4)5/h6-9H,10-11H2,1-5H3,(H,18,23)(H,19,20). The Balaban J connectivity index is 1.75. The lowest BCUT2D eigenvalue weighted by Gasteiger charge is -2.18. The number of anilines is 2. The number of carbonyl (C=O) groups excluding carboxylic acids is 1. The number of carbonyl (C=O) groups is 1. The number of nitrogens with one attached hydrogen (secondary N) is 2. The molecule has 2 N–H and O–H groups in total. The summed E-state index contributed by atoms with van der Waals surface area (Å²) in [6.07, 6.45) is 0. The monoisotopic (exact) mass is 379 g/mol. The van der Waals surface area contributed by atoms with Crippen LogP contribution in [0.3, 0.4) is 0 Å². The van der Waals surface area contributed by atoms with Crippen molar-refractivity contribution < 1.29 is 4.79 Å². The molecule has 2 rings (SSSR count). The van der Waals surface area contributed by atoms with Crippen LogP contribution in [-0.4, -0.2) is 41.5 Å². The smallest absolute Gasteiger partial charge is 0.230 e. The van der Waals surface area contributed by atoms with Gasteiger partial charge in [0.05, 0.1) is 5.75 Å². The number of nitrogens with zero attached hydrogens (tertiary/aromatic N) is 3. The van der Waals surface area contributed by atoms with E-state index in [0.717, 1.165) is 20.7 Å². The number of hydrogen-bond acceptors (Lipinski definition) is 7. The van der Waals surface area contributed by atoms with Gasteiger partial charge in [0.1, 0.15) is 0 Å². The molecule has 0 unspecified atom stereocenters. The van der Waals surface area contributed by atoms with Gasteiger partial charge in [-0.15, -0.1) is 10.2 Å². The molecule has 0 bridgehead atoms. The summed E-state index contributed by atoms with van der Waals surface area (Å²) < 4.78 is 0.789. The molecule has 0 atom stereocenters. The Hall–Kier alpha value is -1.80. The van der Waals surface area contributed by atoms with E-state index in [1.165, 1.54) is 23.1 Å². The van der Waals surface area contributed by atoms with Crippen LogP contribution in [-0.2, 0) is 11.3 Å². The molecule has 0 saturated carbocycles. The van der Waals surface area contributed by atoms with Gasteiger partial charge in [0.15, 0.2) is 4.34 Å². The second-order valence-electron chi connectivity index (χ2n) is 6.87. The fourth-order valence-corrected chi connectivity index (χ4v) is 3.72. The van der Waals surface area contributed by atoms with Gasteiger partial charge in [-0.1, -0.05) is 35.2 Å². The summed E-state index contributed by atoms with van der Waals surface area (Å²) in [5.41, 5.74) is 2.17. The molecular formula is C17H25N5OS2. The highest BCUT2D eigenvalue weighted by Crippen LogP contribution is 2.27. The Morgan fingerprint density at radius 3 is 2.48 bits per heavy atom. The SMILES string of the molecule is CN(C)c1ccc(CNC(=O)CSc2nnc(NC(C)(C)C)s2)cc1. The second kappa shape index (κ2) is 8.53. The average Bonchev–Trinajstić information content (AvgIpc) is 2.96. The van der Waals surface area contributed by atoms with E-state index in [1.54, 1.807) is 0 Å². The molecule has 0 spiro atoms. The molecule has 1 aromatic heterocycles. The Bertz CT molecular complexity index is 692. The van der Waals surface area contributed by atoms with Crippen LogP contribution in [0.4, 0.5) is 10.8 Å². The molecule has 136 valence electrons. The van der Waals surface area contributed by atoms with E-state index < -0.39 is 0 Å². The molecule has 25 heavy (non-hydrogen) atoms. The summed E-state index contributed by atoms with van der Waals surface area (Å²) in [6.45, 7) is 6.74. The first kappa shape index (κ1) is 19.5. The number of aromatic nitrogens is 2. The van der Waals surface area contributed by atoms with Crippen molar-refractivity contribution >= 4 is 39.8 Å². The van der Waals surface area contributed by atoms with Gasteiger partial charge < -0.3 is 15.5 Å². The molecule has 0 fully saturated rings. The van der Waals surface area contributed by atoms with E-state index >= 15 is 0 Å². The number of rotatable bonds is 7. The molecule has 6 nitrogen and oxygen atoms in total. The minimum Gasteiger partial charge on any atom is -0.378 e. The summed E-state index contributed by atoms with van der Waals surface area (Å²) in [4.78, 5) is 14.0. The van der Waals surface area contributed by atoms with Gasteiger partial charge in [-0.2, -0.15) is 0 Å². The van der Waals surface area contributed by atoms with E-state index in [9.17, 15) is 4.79 Å². The molecule has 2 aromatic rings. The third-order valence-electron chi connectivity index (χ3n) is 3.16. The van der Waals surface area contributed by atoms with Crippen molar-refractivity contribution in [3.63, 3.8) is 0 Å². The van der Waals surface area contributed by atoms with Crippen molar-refractivity contribution in [1.29, 1.82) is 0 Å². The van der Waals surface area contributed by atoms with Crippen LogP contribution < -0.4 is 15.5 Å². The topological polar surface area (TPSA) is 70.2 Å². The van der Waals surface area contributed by atoms with Crippen LogP contribution in [0.25, 0.3) is 0 Å². The maximum atomic E-state index is 12.0. The second-order valence-corrected chi connectivity index (χ2v) is 9.07. The lowest BCUT2D eigenvalue weighted by Crippen LogP contribution is -2.25. The van der Waals surface area contributed by atoms with Gasteiger partial charge in [0.25, 0.3) is 0 Å². The maximum absolute atomic E-state index is 12.0. The van der Waals surface area contributed by atoms with Crippen LogP contribution >= 0.6 is 23.1 Å². The number of hydrogen-bond donors (Lipinski definition) is 2. The number of benzene rings is 1. The summed E-state index contributed by atoms with van der Waals surface area (Å²) in [5.74, 6) is 0.321. The van der Waals surface area contributed by atoms with E-state index in [4.69, 9.17) is 0 Å². The predicted molar refractivity (Wildman–Crippen MR) is 107 cm³/mol. The lowest BCUT2D eigenvalue weighted by molar-refractivity contribution is -0.118. The summed E-state index contributed by atoms with van der Waals surface area (Å²) in [6, 6.07) is 8.14. The van der Waals surface area contributed by atoms with E-state index in [1.807, 2.05) is 43.3 Å². The molecule has 8 heteroatoms. The highest BCUT2D eigenvalue weighted by Gasteiger charge is 2.14. The van der Waals surface area contributed by atoms with Crippen LogP contribution in [0.15, 0.2) is 28.6 Å². The quantitative estimate of drug-likeness (QED) is 0.720. The third-order valence-corrected chi connectivity index (χ3v) is 5.13. The van der Waals surface area contributed by atoms with Crippen molar-refractivity contribution in [2.45, 2.75) is 37.2 Å². The molecule has 1 amide bonds. The van der Waals surface area contributed by atoms with Crippen molar-refractivity contribution in [1.82, 2.24) is 15.5 Å². The maximum Gasteiger partial charge on any atom is 0.230 e. The molecular weight excluding hydrogens is 354 g/mol. The van der Waals surface area contributed by atoms with Crippen molar-refractivity contribution in [3.05, 3.63) is 29.8 Å². The zero-order chi connectivity index (χ0) is 18.4. The normalized spacial score (nSPS) is 11.2. The average molecular weight is 380 g/mol. The first-order valence-corrected chi connectivity index (χ1v) is 9.80. The Morgan fingerprint density at radius 1 is 1.20 bits per heavy atom. The van der Waals surface area contributed by atoms with Gasteiger partial charge in [0.2, 0.25) is 11.0 Å². The van der Waals surface area contributed by atoms with Crippen molar-refractivity contribution in [2.24, 2.45) is 0 Å². The van der Waals surface area contributed by atoms with Gasteiger partial charge >= 0.3 is 0 Å². The van der Waals surface area contributed by atoms with Crippen molar-refractivity contribution in [2.75, 3.05) is 30.1 Å². The van der Waals surface area contributed by atoms with Gasteiger partial charge in [-0.25, -0.2) is 0 Å². The minimum absolute atomic E-state index is 0.0118. The Kier molecular flexibility index (Phi) is 6.66. The van der Waals surface area contributed by atoms with E-state index in [2.05, 4.69) is 41.6 Å². The van der Waals surface area contributed by atoms with E-state index in [0.29, 0.717) is 12.3 Å². The first-order chi connectivity index (χ1) is 11.7. The van der Waals surface area contributed by atoms with E-state index in [-0.39, 0.29) is 11.4 Å².